The van der Waals surface area contributed by atoms with E-state index in [4.69, 9.17) is 11.8 Å². The lowest BCUT2D eigenvalue weighted by molar-refractivity contribution is 0.185. The maximum absolute atomic E-state index is 5.89. The second kappa shape index (κ2) is 4.78. The Kier molecular flexibility index (Phi) is 3.40. The van der Waals surface area contributed by atoms with E-state index < -0.39 is 0 Å². The van der Waals surface area contributed by atoms with Crippen LogP contribution in [0.3, 0.4) is 0 Å². The SMILES string of the molecule is ClN1CCN(Cc2ccccc2)CC1. The van der Waals surface area contributed by atoms with E-state index in [1.165, 1.54) is 5.56 Å². The Hall–Kier alpha value is -0.570. The van der Waals surface area contributed by atoms with Crippen molar-refractivity contribution in [2.45, 2.75) is 6.54 Å². The van der Waals surface area contributed by atoms with E-state index in [9.17, 15) is 0 Å². The third-order valence-corrected chi connectivity index (χ3v) is 2.90. The first-order valence-corrected chi connectivity index (χ1v) is 5.35. The molecule has 1 saturated heterocycles. The van der Waals surface area contributed by atoms with Crippen molar-refractivity contribution in [3.8, 4) is 0 Å². The predicted molar refractivity (Wildman–Crippen MR) is 59.1 cm³/mol. The highest BCUT2D eigenvalue weighted by atomic mass is 35.5. The molecule has 0 N–H and O–H groups in total. The van der Waals surface area contributed by atoms with Crippen LogP contribution in [0.25, 0.3) is 0 Å². The summed E-state index contributed by atoms with van der Waals surface area (Å²) in [6.45, 7) is 5.12. The van der Waals surface area contributed by atoms with Gasteiger partial charge in [0, 0.05) is 32.7 Å². The van der Waals surface area contributed by atoms with Crippen molar-refractivity contribution in [3.05, 3.63) is 35.9 Å². The molecular weight excluding hydrogens is 196 g/mol. The molecule has 0 radical (unpaired) electrons. The van der Waals surface area contributed by atoms with Gasteiger partial charge in [0.05, 0.1) is 0 Å². The standard InChI is InChI=1S/C11H15ClN2/c12-14-8-6-13(7-9-14)10-11-4-2-1-3-5-11/h1-5H,6-10H2. The molecule has 1 aromatic rings. The van der Waals surface area contributed by atoms with Crippen molar-refractivity contribution in [2.75, 3.05) is 26.2 Å². The Morgan fingerprint density at radius 2 is 1.64 bits per heavy atom. The number of rotatable bonds is 2. The van der Waals surface area contributed by atoms with E-state index in [2.05, 4.69) is 35.2 Å². The van der Waals surface area contributed by atoms with E-state index in [0.29, 0.717) is 0 Å². The van der Waals surface area contributed by atoms with E-state index in [1.807, 2.05) is 4.42 Å². The number of hydrogen-bond donors (Lipinski definition) is 0. The summed E-state index contributed by atoms with van der Waals surface area (Å²) in [6.07, 6.45) is 0. The molecule has 2 rings (SSSR count). The van der Waals surface area contributed by atoms with Crippen LogP contribution in [-0.2, 0) is 6.54 Å². The van der Waals surface area contributed by atoms with Crippen LogP contribution in [-0.4, -0.2) is 35.5 Å². The maximum atomic E-state index is 5.89. The molecule has 1 heterocycles. The van der Waals surface area contributed by atoms with Gasteiger partial charge in [-0.2, -0.15) is 0 Å². The van der Waals surface area contributed by atoms with Crippen molar-refractivity contribution >= 4 is 11.8 Å². The molecule has 1 aliphatic heterocycles. The van der Waals surface area contributed by atoms with Crippen LogP contribution in [0.1, 0.15) is 5.56 Å². The molecule has 1 aliphatic rings. The number of nitrogens with zero attached hydrogens (tertiary/aromatic N) is 2. The Balaban J connectivity index is 1.87. The summed E-state index contributed by atoms with van der Waals surface area (Å²) in [4.78, 5) is 2.44. The van der Waals surface area contributed by atoms with Gasteiger partial charge >= 0.3 is 0 Å². The normalized spacial score (nSPS) is 19.8. The number of halogens is 1. The Bertz CT molecular complexity index is 268. The fraction of sp³-hybridized carbons (Fsp3) is 0.455. The highest BCUT2D eigenvalue weighted by molar-refractivity contribution is 6.13. The molecule has 0 aromatic heterocycles. The summed E-state index contributed by atoms with van der Waals surface area (Å²) in [5.41, 5.74) is 1.38. The fourth-order valence-corrected chi connectivity index (χ4v) is 1.87. The van der Waals surface area contributed by atoms with Crippen molar-refractivity contribution in [3.63, 3.8) is 0 Å². The summed E-state index contributed by atoms with van der Waals surface area (Å²) < 4.78 is 1.86. The number of hydrogen-bond acceptors (Lipinski definition) is 2. The third-order valence-electron chi connectivity index (χ3n) is 2.57. The smallest absolute Gasteiger partial charge is 0.0267 e. The van der Waals surface area contributed by atoms with Crippen LogP contribution >= 0.6 is 11.8 Å². The molecular formula is C11H15ClN2. The molecule has 76 valence electrons. The number of piperazine rings is 1. The van der Waals surface area contributed by atoms with E-state index in [0.717, 1.165) is 32.7 Å². The first-order valence-electron chi connectivity index (χ1n) is 5.01. The molecule has 1 fully saturated rings. The first-order chi connectivity index (χ1) is 6.84. The van der Waals surface area contributed by atoms with Crippen molar-refractivity contribution in [1.29, 1.82) is 0 Å². The van der Waals surface area contributed by atoms with E-state index in [-0.39, 0.29) is 0 Å². The molecule has 2 nitrogen and oxygen atoms in total. The summed E-state index contributed by atoms with van der Waals surface area (Å²) in [5, 5.41) is 0. The maximum Gasteiger partial charge on any atom is 0.0267 e. The van der Waals surface area contributed by atoms with Crippen molar-refractivity contribution < 1.29 is 0 Å². The van der Waals surface area contributed by atoms with Crippen molar-refractivity contribution in [1.82, 2.24) is 9.32 Å². The van der Waals surface area contributed by atoms with Crippen LogP contribution < -0.4 is 0 Å². The Labute approximate surface area is 90.2 Å². The van der Waals surface area contributed by atoms with E-state index in [1.54, 1.807) is 0 Å². The molecule has 0 bridgehead atoms. The summed E-state index contributed by atoms with van der Waals surface area (Å²) in [7, 11) is 0. The minimum Gasteiger partial charge on any atom is -0.296 e. The monoisotopic (exact) mass is 210 g/mol. The summed E-state index contributed by atoms with van der Waals surface area (Å²) in [6, 6.07) is 10.6. The van der Waals surface area contributed by atoms with Crippen LogP contribution in [0.2, 0.25) is 0 Å². The average molecular weight is 211 g/mol. The highest BCUT2D eigenvalue weighted by Crippen LogP contribution is 2.08. The molecule has 0 atom stereocenters. The molecule has 0 aliphatic carbocycles. The van der Waals surface area contributed by atoms with Crippen LogP contribution in [0.5, 0.6) is 0 Å². The lowest BCUT2D eigenvalue weighted by Crippen LogP contribution is -2.41. The van der Waals surface area contributed by atoms with Gasteiger partial charge in [0.1, 0.15) is 0 Å². The van der Waals surface area contributed by atoms with Gasteiger partial charge in [-0.25, -0.2) is 4.42 Å². The van der Waals surface area contributed by atoms with Gasteiger partial charge in [-0.05, 0) is 17.3 Å². The first kappa shape index (κ1) is 9.97. The van der Waals surface area contributed by atoms with Gasteiger partial charge in [-0.3, -0.25) is 4.90 Å². The summed E-state index contributed by atoms with van der Waals surface area (Å²) >= 11 is 5.89. The second-order valence-electron chi connectivity index (χ2n) is 3.67. The lowest BCUT2D eigenvalue weighted by atomic mass is 10.2. The molecule has 0 amide bonds. The topological polar surface area (TPSA) is 6.48 Å². The zero-order chi connectivity index (χ0) is 9.80. The van der Waals surface area contributed by atoms with E-state index >= 15 is 0 Å². The van der Waals surface area contributed by atoms with Crippen LogP contribution in [0, 0.1) is 0 Å². The highest BCUT2D eigenvalue weighted by Gasteiger charge is 2.14. The minimum atomic E-state index is 0.967. The third kappa shape index (κ3) is 2.71. The largest absolute Gasteiger partial charge is 0.296 e. The van der Waals surface area contributed by atoms with Crippen molar-refractivity contribution in [2.24, 2.45) is 0 Å². The van der Waals surface area contributed by atoms with Gasteiger partial charge in [0.15, 0.2) is 0 Å². The fourth-order valence-electron chi connectivity index (χ4n) is 1.72. The Morgan fingerprint density at radius 1 is 1.00 bits per heavy atom. The predicted octanol–water partition coefficient (Wildman–Crippen LogP) is 1.96. The summed E-state index contributed by atoms with van der Waals surface area (Å²) in [5.74, 6) is 0. The molecule has 0 unspecified atom stereocenters. The van der Waals surface area contributed by atoms with Crippen LogP contribution in [0.4, 0.5) is 0 Å². The molecule has 0 saturated carbocycles. The van der Waals surface area contributed by atoms with Gasteiger partial charge in [0.25, 0.3) is 0 Å². The molecule has 0 spiro atoms. The average Bonchev–Trinajstić information content (AvgIpc) is 2.23. The Morgan fingerprint density at radius 3 is 2.29 bits per heavy atom. The molecule has 14 heavy (non-hydrogen) atoms. The van der Waals surface area contributed by atoms with Gasteiger partial charge in [0.2, 0.25) is 0 Å². The molecule has 3 heteroatoms. The zero-order valence-corrected chi connectivity index (χ0v) is 8.95. The molecule has 1 aromatic carbocycles. The second-order valence-corrected chi connectivity index (χ2v) is 4.15. The van der Waals surface area contributed by atoms with Crippen LogP contribution in [0.15, 0.2) is 30.3 Å². The lowest BCUT2D eigenvalue weighted by Gasteiger charge is -2.30. The quantitative estimate of drug-likeness (QED) is 0.689. The van der Waals surface area contributed by atoms with Gasteiger partial charge in [-0.15, -0.1) is 0 Å². The minimum absolute atomic E-state index is 0.967. The zero-order valence-electron chi connectivity index (χ0n) is 8.19. The van der Waals surface area contributed by atoms with Gasteiger partial charge in [-0.1, -0.05) is 30.3 Å². The number of benzene rings is 1. The van der Waals surface area contributed by atoms with Gasteiger partial charge < -0.3 is 0 Å².